The number of carbonyl (C=O) groups excluding carboxylic acids is 2. The van der Waals surface area contributed by atoms with Gasteiger partial charge in [0.25, 0.3) is 0 Å². The lowest BCUT2D eigenvalue weighted by molar-refractivity contribution is -0.138. The average molecular weight is 227 g/mol. The van der Waals surface area contributed by atoms with Gasteiger partial charge in [0.05, 0.1) is 12.5 Å². The van der Waals surface area contributed by atoms with Gasteiger partial charge in [-0.2, -0.15) is 0 Å². The first-order valence-corrected chi connectivity index (χ1v) is 5.70. The predicted molar refractivity (Wildman–Crippen MR) is 61.8 cm³/mol. The van der Waals surface area contributed by atoms with Gasteiger partial charge < -0.3 is 15.5 Å². The first kappa shape index (κ1) is 13.0. The quantitative estimate of drug-likeness (QED) is 0.679. The largest absolute Gasteiger partial charge is 0.358 e. The molecule has 1 saturated heterocycles. The molecule has 16 heavy (non-hydrogen) atoms. The van der Waals surface area contributed by atoms with Crippen LogP contribution in [0.2, 0.25) is 0 Å². The molecule has 0 aromatic carbocycles. The molecule has 1 aliphatic heterocycles. The number of nitrogens with one attached hydrogen (secondary N) is 2. The van der Waals surface area contributed by atoms with E-state index in [9.17, 15) is 9.59 Å². The molecule has 5 heteroatoms. The van der Waals surface area contributed by atoms with Crippen molar-refractivity contribution < 1.29 is 9.59 Å². The third kappa shape index (κ3) is 3.48. The van der Waals surface area contributed by atoms with E-state index in [-0.39, 0.29) is 24.3 Å². The van der Waals surface area contributed by atoms with Crippen molar-refractivity contribution in [1.29, 1.82) is 0 Å². The third-order valence-corrected chi connectivity index (χ3v) is 2.96. The second kappa shape index (κ2) is 5.84. The highest BCUT2D eigenvalue weighted by molar-refractivity contribution is 5.85. The van der Waals surface area contributed by atoms with Gasteiger partial charge in [-0.05, 0) is 18.9 Å². The van der Waals surface area contributed by atoms with Crippen LogP contribution in [0.4, 0.5) is 0 Å². The molecular weight excluding hydrogens is 206 g/mol. The molecular formula is C11H21N3O2. The van der Waals surface area contributed by atoms with E-state index in [1.54, 1.807) is 14.1 Å². The number of rotatable bonds is 3. The number of likely N-dealkylation sites (N-methyl/N-ethyl adjacent to an activating group) is 2. The molecule has 92 valence electrons. The molecule has 1 rings (SSSR count). The molecule has 0 aromatic rings. The van der Waals surface area contributed by atoms with Crippen molar-refractivity contribution in [2.24, 2.45) is 11.8 Å². The average Bonchev–Trinajstić information content (AvgIpc) is 2.27. The molecule has 2 atom stereocenters. The molecule has 0 radical (unpaired) electrons. The SMILES string of the molecule is CNC(=O)CN(C)C(=O)C1CNCC(C)C1. The maximum Gasteiger partial charge on any atom is 0.239 e. The van der Waals surface area contributed by atoms with Gasteiger partial charge in [-0.1, -0.05) is 6.92 Å². The lowest BCUT2D eigenvalue weighted by Gasteiger charge is -2.29. The van der Waals surface area contributed by atoms with Crippen molar-refractivity contribution >= 4 is 11.8 Å². The predicted octanol–water partition coefficient (Wildman–Crippen LogP) is -0.564. The topological polar surface area (TPSA) is 61.4 Å². The maximum absolute atomic E-state index is 12.0. The summed E-state index contributed by atoms with van der Waals surface area (Å²) in [6.07, 6.45) is 0.907. The Hall–Kier alpha value is -1.10. The van der Waals surface area contributed by atoms with E-state index in [1.165, 1.54) is 4.90 Å². The number of piperidine rings is 1. The molecule has 0 aromatic heterocycles. The van der Waals surface area contributed by atoms with E-state index in [0.29, 0.717) is 5.92 Å². The van der Waals surface area contributed by atoms with Crippen LogP contribution in [-0.4, -0.2) is 50.4 Å². The van der Waals surface area contributed by atoms with E-state index < -0.39 is 0 Å². The highest BCUT2D eigenvalue weighted by atomic mass is 16.2. The lowest BCUT2D eigenvalue weighted by atomic mass is 9.91. The number of hydrogen-bond donors (Lipinski definition) is 2. The number of carbonyl (C=O) groups is 2. The Balaban J connectivity index is 2.46. The minimum absolute atomic E-state index is 0.0124. The van der Waals surface area contributed by atoms with Crippen LogP contribution in [0.25, 0.3) is 0 Å². The van der Waals surface area contributed by atoms with Crippen LogP contribution in [0.1, 0.15) is 13.3 Å². The fraction of sp³-hybridized carbons (Fsp3) is 0.818. The fourth-order valence-corrected chi connectivity index (χ4v) is 2.03. The van der Waals surface area contributed by atoms with E-state index in [0.717, 1.165) is 19.5 Å². The molecule has 0 bridgehead atoms. The minimum Gasteiger partial charge on any atom is -0.358 e. The smallest absolute Gasteiger partial charge is 0.239 e. The summed E-state index contributed by atoms with van der Waals surface area (Å²) in [7, 11) is 3.25. The van der Waals surface area contributed by atoms with Gasteiger partial charge >= 0.3 is 0 Å². The highest BCUT2D eigenvalue weighted by Crippen LogP contribution is 2.17. The Bertz CT molecular complexity index is 268. The van der Waals surface area contributed by atoms with Crippen molar-refractivity contribution in [1.82, 2.24) is 15.5 Å². The summed E-state index contributed by atoms with van der Waals surface area (Å²) in [5.41, 5.74) is 0. The van der Waals surface area contributed by atoms with Gasteiger partial charge in [0.2, 0.25) is 11.8 Å². The van der Waals surface area contributed by atoms with Gasteiger partial charge in [0.15, 0.2) is 0 Å². The number of nitrogens with zero attached hydrogens (tertiary/aromatic N) is 1. The molecule has 1 aliphatic rings. The molecule has 1 fully saturated rings. The molecule has 0 spiro atoms. The fourth-order valence-electron chi connectivity index (χ4n) is 2.03. The highest BCUT2D eigenvalue weighted by Gasteiger charge is 2.27. The van der Waals surface area contributed by atoms with Crippen LogP contribution < -0.4 is 10.6 Å². The first-order chi connectivity index (χ1) is 7.54. The Morgan fingerprint density at radius 1 is 1.44 bits per heavy atom. The van der Waals surface area contributed by atoms with E-state index in [1.807, 2.05) is 0 Å². The molecule has 0 aliphatic carbocycles. The standard InChI is InChI=1S/C11H21N3O2/c1-8-4-9(6-13-5-8)11(16)14(3)7-10(15)12-2/h8-9,13H,4-7H2,1-3H3,(H,12,15). The van der Waals surface area contributed by atoms with E-state index in [2.05, 4.69) is 17.6 Å². The summed E-state index contributed by atoms with van der Waals surface area (Å²) in [6.45, 7) is 3.97. The zero-order valence-electron chi connectivity index (χ0n) is 10.2. The molecule has 5 nitrogen and oxygen atoms in total. The second-order valence-corrected chi connectivity index (χ2v) is 4.56. The molecule has 2 amide bonds. The molecule has 0 saturated carbocycles. The van der Waals surface area contributed by atoms with Gasteiger partial charge in [-0.3, -0.25) is 9.59 Å². The Morgan fingerprint density at radius 3 is 2.69 bits per heavy atom. The summed E-state index contributed by atoms with van der Waals surface area (Å²) in [4.78, 5) is 24.7. The van der Waals surface area contributed by atoms with Gasteiger partial charge in [0.1, 0.15) is 0 Å². The van der Waals surface area contributed by atoms with Crippen molar-refractivity contribution in [2.45, 2.75) is 13.3 Å². The summed E-state index contributed by atoms with van der Waals surface area (Å²) < 4.78 is 0. The zero-order valence-corrected chi connectivity index (χ0v) is 10.2. The second-order valence-electron chi connectivity index (χ2n) is 4.56. The molecule has 2 N–H and O–H groups in total. The summed E-state index contributed by atoms with van der Waals surface area (Å²) in [6, 6.07) is 0. The van der Waals surface area contributed by atoms with Crippen LogP contribution >= 0.6 is 0 Å². The minimum atomic E-state index is -0.132. The monoisotopic (exact) mass is 227 g/mol. The summed E-state index contributed by atoms with van der Waals surface area (Å²) in [5.74, 6) is 0.463. The molecule has 2 unspecified atom stereocenters. The van der Waals surface area contributed by atoms with Crippen molar-refractivity contribution in [3.8, 4) is 0 Å². The normalized spacial score (nSPS) is 24.9. The summed E-state index contributed by atoms with van der Waals surface area (Å²) >= 11 is 0. The van der Waals surface area contributed by atoms with Crippen molar-refractivity contribution in [3.05, 3.63) is 0 Å². The van der Waals surface area contributed by atoms with Gasteiger partial charge in [-0.15, -0.1) is 0 Å². The Labute approximate surface area is 96.6 Å². The Kier molecular flexibility index (Phi) is 4.73. The van der Waals surface area contributed by atoms with Gasteiger partial charge in [-0.25, -0.2) is 0 Å². The van der Waals surface area contributed by atoms with Crippen LogP contribution in [-0.2, 0) is 9.59 Å². The maximum atomic E-state index is 12.0. The van der Waals surface area contributed by atoms with Gasteiger partial charge in [0, 0.05) is 20.6 Å². The molecule has 1 heterocycles. The number of hydrogen-bond acceptors (Lipinski definition) is 3. The van der Waals surface area contributed by atoms with E-state index >= 15 is 0 Å². The third-order valence-electron chi connectivity index (χ3n) is 2.96. The lowest BCUT2D eigenvalue weighted by Crippen LogP contribution is -2.46. The van der Waals surface area contributed by atoms with Crippen LogP contribution in [0.3, 0.4) is 0 Å². The first-order valence-electron chi connectivity index (χ1n) is 5.70. The van der Waals surface area contributed by atoms with Crippen LogP contribution in [0.5, 0.6) is 0 Å². The van der Waals surface area contributed by atoms with Crippen molar-refractivity contribution in [2.75, 3.05) is 33.7 Å². The van der Waals surface area contributed by atoms with E-state index in [4.69, 9.17) is 0 Å². The summed E-state index contributed by atoms with van der Waals surface area (Å²) in [5, 5.41) is 5.75. The van der Waals surface area contributed by atoms with Crippen molar-refractivity contribution in [3.63, 3.8) is 0 Å². The van der Waals surface area contributed by atoms with Crippen LogP contribution in [0, 0.1) is 11.8 Å². The zero-order chi connectivity index (χ0) is 12.1. The van der Waals surface area contributed by atoms with Crippen LogP contribution in [0.15, 0.2) is 0 Å². The number of amides is 2. The Morgan fingerprint density at radius 2 is 2.12 bits per heavy atom.